The monoisotopic (exact) mass is 562 g/mol. The molecule has 0 spiro atoms. The number of aliphatic hydroxyl groups is 1. The maximum absolute atomic E-state index is 12.7. The van der Waals surface area contributed by atoms with Crippen molar-refractivity contribution in [2.45, 2.75) is 63.1 Å². The minimum Gasteiger partial charge on any atom is -0.393 e. The van der Waals surface area contributed by atoms with E-state index in [2.05, 4.69) is 0 Å². The molecule has 3 aromatic rings. The average molecular weight is 563 g/mol. The molecule has 0 heterocycles. The van der Waals surface area contributed by atoms with Crippen LogP contribution in [0.1, 0.15) is 41.7 Å². The van der Waals surface area contributed by atoms with Crippen molar-refractivity contribution in [3.8, 4) is 0 Å². The van der Waals surface area contributed by atoms with Crippen LogP contribution in [0.2, 0.25) is 0 Å². The molecule has 0 aliphatic carbocycles. The lowest BCUT2D eigenvalue weighted by atomic mass is 10.1. The van der Waals surface area contributed by atoms with Crippen LogP contribution < -0.4 is 0 Å². The summed E-state index contributed by atoms with van der Waals surface area (Å²) < 4.78 is 104. The fraction of sp³-hybridized carbons (Fsp3) is 0.333. The Morgan fingerprint density at radius 3 is 1.63 bits per heavy atom. The lowest BCUT2D eigenvalue weighted by Crippen LogP contribution is -2.18. The summed E-state index contributed by atoms with van der Waals surface area (Å²) in [7, 11) is -3.96. The third kappa shape index (κ3) is 10.1. The third-order valence-electron chi connectivity index (χ3n) is 5.16. The Bertz CT molecular complexity index is 1280. The summed E-state index contributed by atoms with van der Waals surface area (Å²) in [5, 5.41) is 9.02. The number of rotatable bonds is 7. The van der Waals surface area contributed by atoms with Crippen LogP contribution in [0.3, 0.4) is 0 Å². The van der Waals surface area contributed by atoms with E-state index in [1.165, 1.54) is 37.3 Å². The van der Waals surface area contributed by atoms with Crippen molar-refractivity contribution in [3.63, 3.8) is 0 Å². The Hall–Kier alpha value is -2.89. The van der Waals surface area contributed by atoms with Crippen LogP contribution in [0.4, 0.5) is 26.3 Å². The van der Waals surface area contributed by atoms with Gasteiger partial charge in [-0.25, -0.2) is 0 Å². The van der Waals surface area contributed by atoms with E-state index in [1.54, 1.807) is 25.1 Å². The van der Waals surface area contributed by atoms with E-state index < -0.39 is 45.8 Å². The molecule has 0 bridgehead atoms. The quantitative estimate of drug-likeness (QED) is 0.249. The van der Waals surface area contributed by atoms with Crippen molar-refractivity contribution in [3.05, 3.63) is 101 Å². The Morgan fingerprint density at radius 2 is 1.21 bits per heavy atom. The molecule has 0 amide bonds. The maximum Gasteiger partial charge on any atom is 0.416 e. The summed E-state index contributed by atoms with van der Waals surface area (Å²) in [5.74, 6) is 0. The lowest BCUT2D eigenvalue weighted by molar-refractivity contribution is -0.138. The van der Waals surface area contributed by atoms with Gasteiger partial charge in [-0.15, -0.1) is 0 Å². The van der Waals surface area contributed by atoms with E-state index in [-0.39, 0.29) is 17.7 Å². The highest BCUT2D eigenvalue weighted by Crippen LogP contribution is 2.31. The van der Waals surface area contributed by atoms with Gasteiger partial charge >= 0.3 is 12.4 Å². The first-order valence-electron chi connectivity index (χ1n) is 11.5. The first-order valence-corrected chi connectivity index (χ1v) is 12.9. The van der Waals surface area contributed by atoms with Gasteiger partial charge < -0.3 is 5.11 Å². The highest BCUT2D eigenvalue weighted by Gasteiger charge is 2.31. The number of hydrogen-bond donors (Lipinski definition) is 1. The molecule has 2 atom stereocenters. The Morgan fingerprint density at radius 1 is 0.763 bits per heavy atom. The van der Waals surface area contributed by atoms with Gasteiger partial charge in [-0.1, -0.05) is 54.1 Å². The smallest absolute Gasteiger partial charge is 0.393 e. The standard InChI is InChI=1S/C17H17F3O3S.C10H11F3O/c1-12-6-8-16(9-7-12)24(21,22)23-13(2)10-14-4-3-5-15(11-14)17(18,19)20;1-7(14)5-8-3-2-4-9(6-8)10(11,12)13/h3-9,11,13H,10H2,1-2H3;2-4,6-7,14H,5H2,1H3. The molecule has 0 radical (unpaired) electrons. The van der Waals surface area contributed by atoms with Gasteiger partial charge in [-0.3, -0.25) is 4.18 Å². The lowest BCUT2D eigenvalue weighted by Gasteiger charge is -2.14. The highest BCUT2D eigenvalue weighted by molar-refractivity contribution is 7.86. The molecule has 0 aromatic heterocycles. The highest BCUT2D eigenvalue weighted by atomic mass is 32.2. The van der Waals surface area contributed by atoms with Crippen LogP contribution in [0.5, 0.6) is 0 Å². The van der Waals surface area contributed by atoms with Crippen LogP contribution in [0.25, 0.3) is 0 Å². The number of benzene rings is 3. The largest absolute Gasteiger partial charge is 0.416 e. The molecule has 0 fully saturated rings. The van der Waals surface area contributed by atoms with Crippen molar-refractivity contribution in [2.24, 2.45) is 0 Å². The molecular weight excluding hydrogens is 534 g/mol. The SMILES string of the molecule is CC(O)Cc1cccc(C(F)(F)F)c1.Cc1ccc(S(=O)(=O)OC(C)Cc2cccc(C(F)(F)F)c2)cc1. The van der Waals surface area contributed by atoms with Crippen LogP contribution in [-0.2, 0) is 39.5 Å². The molecule has 2 unspecified atom stereocenters. The zero-order valence-corrected chi connectivity index (χ0v) is 21.7. The van der Waals surface area contributed by atoms with Crippen molar-refractivity contribution in [1.29, 1.82) is 0 Å². The maximum atomic E-state index is 12.7. The summed E-state index contributed by atoms with van der Waals surface area (Å²) >= 11 is 0. The Kier molecular flexibility index (Phi) is 10.5. The van der Waals surface area contributed by atoms with Gasteiger partial charge in [0.1, 0.15) is 0 Å². The normalized spacial score (nSPS) is 13.8. The molecule has 38 heavy (non-hydrogen) atoms. The van der Waals surface area contributed by atoms with Gasteiger partial charge in [-0.05, 0) is 69.0 Å². The number of halogens is 6. The van der Waals surface area contributed by atoms with Gasteiger partial charge in [0.2, 0.25) is 0 Å². The summed E-state index contributed by atoms with van der Waals surface area (Å²) in [6.07, 6.45) is -9.87. The zero-order valence-electron chi connectivity index (χ0n) is 20.8. The fourth-order valence-electron chi connectivity index (χ4n) is 3.43. The molecule has 4 nitrogen and oxygen atoms in total. The second-order valence-corrected chi connectivity index (χ2v) is 10.4. The van der Waals surface area contributed by atoms with E-state index in [4.69, 9.17) is 9.29 Å². The topological polar surface area (TPSA) is 63.6 Å². The Balaban J connectivity index is 0.000000308. The van der Waals surface area contributed by atoms with Gasteiger partial charge in [0.15, 0.2) is 0 Å². The van der Waals surface area contributed by atoms with E-state index in [0.29, 0.717) is 11.1 Å². The van der Waals surface area contributed by atoms with E-state index in [0.717, 1.165) is 29.8 Å². The van der Waals surface area contributed by atoms with Gasteiger partial charge in [-0.2, -0.15) is 34.8 Å². The summed E-state index contributed by atoms with van der Waals surface area (Å²) in [6.45, 7) is 4.87. The number of aliphatic hydroxyl groups excluding tert-OH is 1. The van der Waals surface area contributed by atoms with Crippen molar-refractivity contribution in [1.82, 2.24) is 0 Å². The number of hydrogen-bond acceptors (Lipinski definition) is 4. The summed E-state index contributed by atoms with van der Waals surface area (Å²) in [4.78, 5) is 0.0176. The van der Waals surface area contributed by atoms with Crippen molar-refractivity contribution in [2.75, 3.05) is 0 Å². The van der Waals surface area contributed by atoms with Crippen molar-refractivity contribution < 1.29 is 44.0 Å². The summed E-state index contributed by atoms with van der Waals surface area (Å²) in [6, 6.07) is 15.9. The van der Waals surface area contributed by atoms with Crippen LogP contribution in [0.15, 0.2) is 77.7 Å². The van der Waals surface area contributed by atoms with Crippen LogP contribution >= 0.6 is 0 Å². The van der Waals surface area contributed by atoms with E-state index in [9.17, 15) is 34.8 Å². The molecular formula is C27H28F6O4S. The minimum atomic E-state index is -4.44. The third-order valence-corrected chi connectivity index (χ3v) is 6.59. The molecule has 3 rings (SSSR count). The predicted octanol–water partition coefficient (Wildman–Crippen LogP) is 6.98. The van der Waals surface area contributed by atoms with Gasteiger partial charge in [0.25, 0.3) is 10.1 Å². The van der Waals surface area contributed by atoms with Gasteiger partial charge in [0.05, 0.1) is 28.2 Å². The van der Waals surface area contributed by atoms with Gasteiger partial charge in [0, 0.05) is 0 Å². The van der Waals surface area contributed by atoms with Crippen LogP contribution in [-0.4, -0.2) is 25.7 Å². The molecule has 3 aromatic carbocycles. The molecule has 208 valence electrons. The average Bonchev–Trinajstić information content (AvgIpc) is 2.78. The second-order valence-electron chi connectivity index (χ2n) is 8.83. The molecule has 0 aliphatic rings. The number of alkyl halides is 6. The molecule has 0 saturated heterocycles. The van der Waals surface area contributed by atoms with Crippen molar-refractivity contribution >= 4 is 10.1 Å². The van der Waals surface area contributed by atoms with Crippen LogP contribution in [0, 0.1) is 6.92 Å². The number of aryl methyl sites for hydroxylation is 1. The van der Waals surface area contributed by atoms with E-state index >= 15 is 0 Å². The molecule has 1 N–H and O–H groups in total. The van der Waals surface area contributed by atoms with E-state index in [1.807, 2.05) is 6.92 Å². The summed E-state index contributed by atoms with van der Waals surface area (Å²) in [5.41, 5.74) is 0.321. The fourth-order valence-corrected chi connectivity index (χ4v) is 4.51. The predicted molar refractivity (Wildman–Crippen MR) is 131 cm³/mol. The second kappa shape index (κ2) is 12.8. The minimum absolute atomic E-state index is 0.0176. The first-order chi connectivity index (χ1) is 17.5. The molecule has 0 aliphatic heterocycles. The molecule has 11 heteroatoms. The Labute approximate surface area is 218 Å². The first kappa shape index (κ1) is 31.3. The zero-order chi connectivity index (χ0) is 28.7. The molecule has 0 saturated carbocycles.